The topological polar surface area (TPSA) is 180 Å². The Labute approximate surface area is 225 Å². The van der Waals surface area contributed by atoms with Gasteiger partial charge in [-0.3, -0.25) is 25.6 Å². The second-order valence-electron chi connectivity index (χ2n) is 9.12. The third kappa shape index (κ3) is 7.66. The third-order valence-corrected chi connectivity index (χ3v) is 5.95. The smallest absolute Gasteiger partial charge is 0.354 e. The molecule has 2 heterocycles. The third-order valence-electron chi connectivity index (χ3n) is 5.95. The summed E-state index contributed by atoms with van der Waals surface area (Å²) < 4.78 is 7.34. The summed E-state index contributed by atoms with van der Waals surface area (Å²) in [5.41, 5.74) is 8.60. The summed E-state index contributed by atoms with van der Waals surface area (Å²) in [7, 11) is 1.82. The molecule has 0 unspecified atom stereocenters. The fourth-order valence-electron chi connectivity index (χ4n) is 3.97. The number of carbonyl (C=O) groups excluding carboxylic acids is 1. The summed E-state index contributed by atoms with van der Waals surface area (Å²) in [6.07, 6.45) is 2.78. The molecule has 0 bridgehead atoms. The predicted octanol–water partition coefficient (Wildman–Crippen LogP) is 1.44. The van der Waals surface area contributed by atoms with E-state index in [0.29, 0.717) is 31.0 Å². The molecule has 0 aliphatic carbocycles. The number of rotatable bonds is 12. The van der Waals surface area contributed by atoms with E-state index in [0.717, 1.165) is 40.9 Å². The van der Waals surface area contributed by atoms with Crippen LogP contribution in [0.5, 0.6) is 5.75 Å². The first kappa shape index (κ1) is 27.4. The minimum atomic E-state index is -0.406. The molecule has 0 aliphatic rings. The molecular formula is C27H33N9O3. The van der Waals surface area contributed by atoms with Crippen LogP contribution in [-0.4, -0.2) is 58.2 Å². The van der Waals surface area contributed by atoms with Crippen molar-refractivity contribution in [1.82, 2.24) is 30.2 Å². The molecule has 8 N–H and O–H groups in total. The lowest BCUT2D eigenvalue weighted by Gasteiger charge is -2.10. The van der Waals surface area contributed by atoms with E-state index in [1.165, 1.54) is 4.57 Å². The monoisotopic (exact) mass is 531 g/mol. The molecule has 0 aliphatic heterocycles. The number of guanidine groups is 1. The van der Waals surface area contributed by atoms with Crippen molar-refractivity contribution in [2.45, 2.75) is 19.4 Å². The van der Waals surface area contributed by atoms with Gasteiger partial charge in [0, 0.05) is 55.9 Å². The number of H-pyrrole nitrogens is 1. The van der Waals surface area contributed by atoms with E-state index in [1.54, 1.807) is 11.2 Å². The van der Waals surface area contributed by atoms with Crippen LogP contribution in [0.2, 0.25) is 0 Å². The van der Waals surface area contributed by atoms with Crippen LogP contribution in [0.15, 0.2) is 65.6 Å². The number of hydrogen-bond donors (Lipinski definition) is 6. The Balaban J connectivity index is 1.43. The molecule has 0 atom stereocenters. The van der Waals surface area contributed by atoms with Gasteiger partial charge in [-0.1, -0.05) is 24.3 Å². The van der Waals surface area contributed by atoms with E-state index in [9.17, 15) is 9.59 Å². The molecular weight excluding hydrogens is 498 g/mol. The predicted molar refractivity (Wildman–Crippen MR) is 150 cm³/mol. The number of benzene rings is 2. The summed E-state index contributed by atoms with van der Waals surface area (Å²) in [6, 6.07) is 17.0. The minimum absolute atomic E-state index is 0.154. The number of nitrogens with zero attached hydrogens (tertiary/aromatic N) is 3. The molecule has 12 nitrogen and oxygen atoms in total. The zero-order chi connectivity index (χ0) is 27.8. The number of amides is 1. The first-order chi connectivity index (χ1) is 18.8. The Bertz CT molecular complexity index is 1490. The van der Waals surface area contributed by atoms with E-state index in [1.807, 2.05) is 61.6 Å². The molecule has 2 aromatic heterocycles. The van der Waals surface area contributed by atoms with Gasteiger partial charge in [-0.25, -0.2) is 4.79 Å². The van der Waals surface area contributed by atoms with Crippen molar-refractivity contribution in [3.05, 3.63) is 76.8 Å². The van der Waals surface area contributed by atoms with Gasteiger partial charge in [0.2, 0.25) is 5.91 Å². The second-order valence-corrected chi connectivity index (χ2v) is 9.12. The van der Waals surface area contributed by atoms with Crippen LogP contribution in [-0.2, 0) is 11.3 Å². The van der Waals surface area contributed by atoms with Crippen molar-refractivity contribution in [1.29, 1.82) is 5.41 Å². The number of aromatic amines is 1. The van der Waals surface area contributed by atoms with Crippen LogP contribution in [0.1, 0.15) is 18.4 Å². The lowest BCUT2D eigenvalue weighted by atomic mass is 10.1. The molecule has 0 spiro atoms. The first-order valence-electron chi connectivity index (χ1n) is 12.5. The van der Waals surface area contributed by atoms with Crippen LogP contribution >= 0.6 is 0 Å². The minimum Gasteiger partial charge on any atom is -0.494 e. The number of nitrogens with one attached hydrogen (secondary N) is 4. The van der Waals surface area contributed by atoms with Crippen molar-refractivity contribution in [3.63, 3.8) is 0 Å². The molecule has 4 rings (SSSR count). The SMILES string of the molecule is CN(N)CCCOc1cccc(-c2cc3cn(-c4ccc(CNC(=O)CCNC(=N)N)cc4)c(=O)nc3[nH]2)c1. The number of hydrazine groups is 1. The van der Waals surface area contributed by atoms with Crippen LogP contribution in [0.4, 0.5) is 0 Å². The van der Waals surface area contributed by atoms with Gasteiger partial charge in [-0.15, -0.1) is 0 Å². The Morgan fingerprint density at radius 3 is 2.72 bits per heavy atom. The fourth-order valence-corrected chi connectivity index (χ4v) is 3.97. The van der Waals surface area contributed by atoms with Gasteiger partial charge in [-0.2, -0.15) is 4.98 Å². The Hall–Kier alpha value is -4.68. The Morgan fingerprint density at radius 1 is 1.18 bits per heavy atom. The van der Waals surface area contributed by atoms with Crippen LogP contribution in [0, 0.1) is 5.41 Å². The highest BCUT2D eigenvalue weighted by atomic mass is 16.5. The van der Waals surface area contributed by atoms with Gasteiger partial charge in [-0.05, 0) is 42.3 Å². The van der Waals surface area contributed by atoms with Gasteiger partial charge in [0.1, 0.15) is 11.4 Å². The highest BCUT2D eigenvalue weighted by Crippen LogP contribution is 2.26. The average Bonchev–Trinajstić information content (AvgIpc) is 3.32. The molecule has 0 saturated heterocycles. The quantitative estimate of drug-likeness (QED) is 0.0522. The molecule has 204 valence electrons. The molecule has 0 radical (unpaired) electrons. The maximum atomic E-state index is 12.8. The lowest BCUT2D eigenvalue weighted by molar-refractivity contribution is -0.121. The van der Waals surface area contributed by atoms with Gasteiger partial charge >= 0.3 is 5.69 Å². The Kier molecular flexibility index (Phi) is 8.92. The number of aromatic nitrogens is 3. The molecule has 4 aromatic rings. The number of fused-ring (bicyclic) bond motifs is 1. The molecule has 2 aromatic carbocycles. The highest BCUT2D eigenvalue weighted by Gasteiger charge is 2.10. The normalized spacial score (nSPS) is 11.1. The summed E-state index contributed by atoms with van der Waals surface area (Å²) in [6.45, 7) is 1.94. The largest absolute Gasteiger partial charge is 0.494 e. The standard InChI is InChI=1S/C27H33N9O3/c1-35(30)12-3-13-39-22-5-2-4-19(14-22)23-15-20-17-36(27(38)34-25(20)33-23)21-8-6-18(7-9-21)16-32-24(37)10-11-31-26(28)29/h2,4-9,14-15,17H,3,10-13,16,30H2,1H3,(H,32,37)(H4,28,29,31)(H,33,34,38). The van der Waals surface area contributed by atoms with E-state index in [2.05, 4.69) is 20.6 Å². The molecule has 0 saturated carbocycles. The molecule has 0 fully saturated rings. The number of carbonyl (C=O) groups is 1. The average molecular weight is 532 g/mol. The van der Waals surface area contributed by atoms with Crippen molar-refractivity contribution < 1.29 is 9.53 Å². The zero-order valence-corrected chi connectivity index (χ0v) is 21.7. The summed E-state index contributed by atoms with van der Waals surface area (Å²) in [5, 5.41) is 14.9. The van der Waals surface area contributed by atoms with Gasteiger partial charge in [0.25, 0.3) is 0 Å². The number of hydrogen-bond acceptors (Lipinski definition) is 7. The van der Waals surface area contributed by atoms with Crippen LogP contribution in [0.3, 0.4) is 0 Å². The molecule has 12 heteroatoms. The van der Waals surface area contributed by atoms with E-state index in [4.69, 9.17) is 21.7 Å². The van der Waals surface area contributed by atoms with Crippen molar-refractivity contribution in [3.8, 4) is 22.7 Å². The Morgan fingerprint density at radius 2 is 1.97 bits per heavy atom. The van der Waals surface area contributed by atoms with Crippen molar-refractivity contribution in [2.24, 2.45) is 11.6 Å². The van der Waals surface area contributed by atoms with Crippen LogP contribution in [0.25, 0.3) is 28.0 Å². The van der Waals surface area contributed by atoms with E-state index in [-0.39, 0.29) is 18.3 Å². The fraction of sp³-hybridized carbons (Fsp3) is 0.259. The second kappa shape index (κ2) is 12.7. The van der Waals surface area contributed by atoms with Crippen molar-refractivity contribution >= 4 is 22.9 Å². The zero-order valence-electron chi connectivity index (χ0n) is 21.7. The molecule has 1 amide bonds. The van der Waals surface area contributed by atoms with Gasteiger partial charge < -0.3 is 26.1 Å². The summed E-state index contributed by atoms with van der Waals surface area (Å²) in [5.74, 6) is 6.07. The van der Waals surface area contributed by atoms with Crippen LogP contribution < -0.4 is 32.6 Å². The van der Waals surface area contributed by atoms with Gasteiger partial charge in [0.15, 0.2) is 5.96 Å². The first-order valence-corrected chi connectivity index (χ1v) is 12.5. The maximum Gasteiger partial charge on any atom is 0.354 e. The highest BCUT2D eigenvalue weighted by molar-refractivity contribution is 5.83. The number of ether oxygens (including phenoxy) is 1. The maximum absolute atomic E-state index is 12.8. The number of nitrogens with two attached hydrogens (primary N) is 2. The lowest BCUT2D eigenvalue weighted by Crippen LogP contribution is -2.34. The summed E-state index contributed by atoms with van der Waals surface area (Å²) >= 11 is 0. The van der Waals surface area contributed by atoms with E-state index >= 15 is 0 Å². The van der Waals surface area contributed by atoms with E-state index < -0.39 is 5.69 Å². The molecule has 39 heavy (non-hydrogen) atoms. The summed E-state index contributed by atoms with van der Waals surface area (Å²) in [4.78, 5) is 32.2. The van der Waals surface area contributed by atoms with Gasteiger partial charge in [0.05, 0.1) is 12.3 Å². The van der Waals surface area contributed by atoms with Crippen molar-refractivity contribution in [2.75, 3.05) is 26.7 Å².